The number of benzene rings is 1. The lowest BCUT2D eigenvalue weighted by atomic mass is 10.1. The van der Waals surface area contributed by atoms with Crippen molar-refractivity contribution < 1.29 is 22.7 Å². The number of halogens is 3. The summed E-state index contributed by atoms with van der Waals surface area (Å²) >= 11 is 0. The molecule has 0 aromatic heterocycles. The number of methoxy groups -OCH3 is 1. The van der Waals surface area contributed by atoms with Crippen molar-refractivity contribution in [3.05, 3.63) is 41.6 Å². The zero-order valence-corrected chi connectivity index (χ0v) is 12.1. The third-order valence-corrected chi connectivity index (χ3v) is 3.10. The zero-order valence-electron chi connectivity index (χ0n) is 12.1. The number of nitrogens with zero attached hydrogens (tertiary/aromatic N) is 2. The van der Waals surface area contributed by atoms with Gasteiger partial charge in [-0.15, -0.1) is 0 Å². The molecule has 0 saturated carbocycles. The van der Waals surface area contributed by atoms with Crippen LogP contribution in [-0.2, 0) is 15.7 Å². The second-order valence-corrected chi connectivity index (χ2v) is 4.89. The van der Waals surface area contributed by atoms with E-state index in [1.807, 2.05) is 0 Å². The van der Waals surface area contributed by atoms with E-state index in [2.05, 4.69) is 5.10 Å². The van der Waals surface area contributed by atoms with Crippen molar-refractivity contribution in [3.63, 3.8) is 0 Å². The van der Waals surface area contributed by atoms with Gasteiger partial charge in [0.1, 0.15) is 5.71 Å². The molecule has 1 heterocycles. The summed E-state index contributed by atoms with van der Waals surface area (Å²) in [5.41, 5.74) is 0.519. The molecule has 0 saturated heterocycles. The summed E-state index contributed by atoms with van der Waals surface area (Å²) in [4.78, 5) is 11.5. The second kappa shape index (κ2) is 6.31. The van der Waals surface area contributed by atoms with E-state index in [4.69, 9.17) is 4.74 Å². The smallest absolute Gasteiger partial charge is 0.380 e. The van der Waals surface area contributed by atoms with Gasteiger partial charge >= 0.3 is 6.18 Å². The van der Waals surface area contributed by atoms with Crippen LogP contribution in [0.2, 0.25) is 0 Å². The van der Waals surface area contributed by atoms with Gasteiger partial charge in [-0.1, -0.05) is 6.07 Å². The van der Waals surface area contributed by atoms with Gasteiger partial charge in [0, 0.05) is 26.7 Å². The average molecular weight is 312 g/mol. The molecular formula is C15H15F3N2O2. The van der Waals surface area contributed by atoms with Crippen molar-refractivity contribution in [2.45, 2.75) is 19.5 Å². The summed E-state index contributed by atoms with van der Waals surface area (Å²) in [6, 6.07) is 4.79. The van der Waals surface area contributed by atoms with E-state index in [9.17, 15) is 18.0 Å². The molecule has 118 valence electrons. The first-order valence-corrected chi connectivity index (χ1v) is 6.54. The third kappa shape index (κ3) is 3.73. The predicted molar refractivity (Wildman–Crippen MR) is 76.6 cm³/mol. The van der Waals surface area contributed by atoms with Gasteiger partial charge < -0.3 is 4.74 Å². The number of rotatable bonds is 4. The maximum absolute atomic E-state index is 12.8. The summed E-state index contributed by atoms with van der Waals surface area (Å²) in [5, 5.41) is 5.39. The molecule has 0 radical (unpaired) electrons. The van der Waals surface area contributed by atoms with Gasteiger partial charge in [0.05, 0.1) is 17.9 Å². The fourth-order valence-corrected chi connectivity index (χ4v) is 2.05. The maximum atomic E-state index is 12.8. The molecule has 0 N–H and O–H groups in total. The molecule has 0 unspecified atom stereocenters. The Morgan fingerprint density at radius 2 is 2.14 bits per heavy atom. The molecule has 2 rings (SSSR count). The Hall–Kier alpha value is -2.15. The molecule has 0 spiro atoms. The van der Waals surface area contributed by atoms with Crippen LogP contribution in [0.1, 0.15) is 18.9 Å². The Morgan fingerprint density at radius 1 is 1.41 bits per heavy atom. The van der Waals surface area contributed by atoms with Crippen LogP contribution < -0.4 is 5.01 Å². The number of anilines is 1. The van der Waals surface area contributed by atoms with Gasteiger partial charge in [-0.25, -0.2) is 5.01 Å². The van der Waals surface area contributed by atoms with Crippen LogP contribution in [0.4, 0.5) is 18.9 Å². The van der Waals surface area contributed by atoms with Crippen molar-refractivity contribution in [2.75, 3.05) is 18.7 Å². The van der Waals surface area contributed by atoms with Gasteiger partial charge in [0.2, 0.25) is 0 Å². The summed E-state index contributed by atoms with van der Waals surface area (Å²) in [6.45, 7) is 1.65. The number of carbonyl (C=O) groups excluding carboxylic acids is 1. The fourth-order valence-electron chi connectivity index (χ4n) is 2.05. The Kier molecular flexibility index (Phi) is 4.65. The van der Waals surface area contributed by atoms with Crippen molar-refractivity contribution >= 4 is 17.2 Å². The second-order valence-electron chi connectivity index (χ2n) is 4.89. The molecule has 0 atom stereocenters. The van der Waals surface area contributed by atoms with Crippen LogP contribution >= 0.6 is 0 Å². The van der Waals surface area contributed by atoms with E-state index >= 15 is 0 Å². The fraction of sp³-hybridized carbons (Fsp3) is 0.333. The largest absolute Gasteiger partial charge is 0.416 e. The summed E-state index contributed by atoms with van der Waals surface area (Å²) in [7, 11) is 1.51. The van der Waals surface area contributed by atoms with Crippen LogP contribution in [0.3, 0.4) is 0 Å². The molecule has 0 amide bonds. The highest BCUT2D eigenvalue weighted by molar-refractivity contribution is 6.39. The van der Waals surface area contributed by atoms with E-state index < -0.39 is 11.7 Å². The highest BCUT2D eigenvalue weighted by Gasteiger charge is 2.31. The van der Waals surface area contributed by atoms with E-state index in [1.165, 1.54) is 31.2 Å². The maximum Gasteiger partial charge on any atom is 0.416 e. The van der Waals surface area contributed by atoms with E-state index in [1.54, 1.807) is 6.20 Å². The van der Waals surface area contributed by atoms with Crippen molar-refractivity contribution in [1.29, 1.82) is 0 Å². The molecule has 0 bridgehead atoms. The molecule has 1 aliphatic heterocycles. The predicted octanol–water partition coefficient (Wildman–Crippen LogP) is 3.39. The molecule has 22 heavy (non-hydrogen) atoms. The van der Waals surface area contributed by atoms with Crippen LogP contribution in [0.5, 0.6) is 0 Å². The van der Waals surface area contributed by atoms with Crippen LogP contribution in [0.15, 0.2) is 41.1 Å². The number of hydrogen-bond donors (Lipinski definition) is 0. The van der Waals surface area contributed by atoms with E-state index in [0.29, 0.717) is 6.42 Å². The lowest BCUT2D eigenvalue weighted by Crippen LogP contribution is -2.25. The molecule has 1 aliphatic rings. The van der Waals surface area contributed by atoms with Gasteiger partial charge in [0.25, 0.3) is 0 Å². The number of Topliss-reactive ketones (excluding diaryl/α,β-unsaturated/α-hetero) is 1. The normalized spacial score (nSPS) is 15.4. The number of alkyl halides is 3. The van der Waals surface area contributed by atoms with Gasteiger partial charge in [-0.05, 0) is 23.8 Å². The zero-order chi connectivity index (χ0) is 16.3. The number of ether oxygens (including phenoxy) is 1. The monoisotopic (exact) mass is 312 g/mol. The van der Waals surface area contributed by atoms with Crippen molar-refractivity contribution in [1.82, 2.24) is 0 Å². The molecule has 1 aromatic rings. The highest BCUT2D eigenvalue weighted by atomic mass is 19.4. The minimum atomic E-state index is -4.43. The topological polar surface area (TPSA) is 41.9 Å². The summed E-state index contributed by atoms with van der Waals surface area (Å²) < 4.78 is 43.4. The lowest BCUT2D eigenvalue weighted by molar-refractivity contribution is -0.137. The molecule has 7 heteroatoms. The quantitative estimate of drug-likeness (QED) is 0.856. The number of carbonyl (C=O) groups is 1. The highest BCUT2D eigenvalue weighted by Crippen LogP contribution is 2.32. The summed E-state index contributed by atoms with van der Waals surface area (Å²) in [6.07, 6.45) is -2.51. The number of ketones is 1. The lowest BCUT2D eigenvalue weighted by Gasteiger charge is -2.23. The number of hydrazone groups is 1. The molecule has 0 fully saturated rings. The first kappa shape index (κ1) is 16.2. The van der Waals surface area contributed by atoms with Gasteiger partial charge in [0.15, 0.2) is 5.78 Å². The minimum absolute atomic E-state index is 0.223. The first-order chi connectivity index (χ1) is 10.3. The van der Waals surface area contributed by atoms with E-state index in [0.717, 1.165) is 17.7 Å². The standard InChI is InChI=1S/C15H15F3N2O2/c1-10(21)14-6-11(9-22-2)8-20(19-14)13-5-3-4-12(7-13)15(16,17)18/h3-5,7-8H,6,9H2,1-2H3. The Balaban J connectivity index is 2.40. The molecule has 4 nitrogen and oxygen atoms in total. The molecular weight excluding hydrogens is 297 g/mol. The van der Waals surface area contributed by atoms with E-state index in [-0.39, 0.29) is 23.8 Å². The van der Waals surface area contributed by atoms with Crippen LogP contribution in [0.25, 0.3) is 0 Å². The van der Waals surface area contributed by atoms with Crippen LogP contribution in [0, 0.1) is 0 Å². The molecule has 1 aromatic carbocycles. The van der Waals surface area contributed by atoms with Crippen LogP contribution in [-0.4, -0.2) is 25.2 Å². The Labute approximate surface area is 125 Å². The third-order valence-electron chi connectivity index (χ3n) is 3.10. The minimum Gasteiger partial charge on any atom is -0.380 e. The average Bonchev–Trinajstić information content (AvgIpc) is 2.46. The summed E-state index contributed by atoms with van der Waals surface area (Å²) in [5.74, 6) is -0.223. The number of hydrogen-bond acceptors (Lipinski definition) is 4. The van der Waals surface area contributed by atoms with Crippen molar-refractivity contribution in [3.8, 4) is 0 Å². The molecule has 0 aliphatic carbocycles. The Morgan fingerprint density at radius 3 is 2.73 bits per heavy atom. The first-order valence-electron chi connectivity index (χ1n) is 6.54. The van der Waals surface area contributed by atoms with Gasteiger partial charge in [-0.2, -0.15) is 18.3 Å². The Bertz CT molecular complexity index is 636. The van der Waals surface area contributed by atoms with Gasteiger partial charge in [-0.3, -0.25) is 4.79 Å². The SMILES string of the molecule is COCC1=CN(c2cccc(C(F)(F)F)c2)N=C(C(C)=O)C1. The van der Waals surface area contributed by atoms with Crippen molar-refractivity contribution in [2.24, 2.45) is 5.10 Å².